The van der Waals surface area contributed by atoms with Crippen LogP contribution in [0.2, 0.25) is 0 Å². The third-order valence-electron chi connectivity index (χ3n) is 3.69. The monoisotopic (exact) mass is 353 g/mol. The maximum atomic E-state index is 10.2. The second kappa shape index (κ2) is 5.93. The summed E-state index contributed by atoms with van der Waals surface area (Å²) >= 11 is 3.43. The van der Waals surface area contributed by atoms with Crippen molar-refractivity contribution in [2.45, 2.75) is 13.8 Å². The van der Waals surface area contributed by atoms with Crippen molar-refractivity contribution in [2.24, 2.45) is 0 Å². The number of nitrogens with zero attached hydrogens (tertiary/aromatic N) is 1. The largest absolute Gasteiger partial charge is 0.505 e. The minimum absolute atomic E-state index is 0.263. The van der Waals surface area contributed by atoms with Gasteiger partial charge in [0.05, 0.1) is 5.69 Å². The summed E-state index contributed by atoms with van der Waals surface area (Å²) in [6, 6.07) is 14.0. The highest BCUT2D eigenvalue weighted by atomic mass is 79.9. The lowest BCUT2D eigenvalue weighted by molar-refractivity contribution is 0.476. The lowest BCUT2D eigenvalue weighted by Gasteiger charge is -2.07. The Morgan fingerprint density at radius 2 is 1.68 bits per heavy atom. The van der Waals surface area contributed by atoms with Gasteiger partial charge in [0.15, 0.2) is 0 Å². The second-order valence-corrected chi connectivity index (χ2v) is 6.29. The maximum absolute atomic E-state index is 10.2. The predicted octanol–water partition coefficient (Wildman–Crippen LogP) is 5.49. The number of aromatic nitrogens is 1. The van der Waals surface area contributed by atoms with Gasteiger partial charge in [0, 0.05) is 9.86 Å². The van der Waals surface area contributed by atoms with Crippen LogP contribution in [-0.2, 0) is 0 Å². The molecule has 0 fully saturated rings. The van der Waals surface area contributed by atoms with Gasteiger partial charge in [0.1, 0.15) is 11.3 Å². The highest BCUT2D eigenvalue weighted by Gasteiger charge is 2.08. The molecule has 3 aromatic rings. The zero-order valence-electron chi connectivity index (χ0n) is 12.5. The number of hydrogen-bond donors (Lipinski definition) is 1. The first-order chi connectivity index (χ1) is 10.5. The summed E-state index contributed by atoms with van der Waals surface area (Å²) < 4.78 is 1.06. The van der Waals surface area contributed by atoms with E-state index in [9.17, 15) is 5.11 Å². The van der Waals surface area contributed by atoms with Crippen molar-refractivity contribution in [1.82, 2.24) is 4.98 Å². The summed E-state index contributed by atoms with van der Waals surface area (Å²) in [6.07, 6.45) is 3.97. The summed E-state index contributed by atoms with van der Waals surface area (Å²) in [5.74, 6) is 0.263. The van der Waals surface area contributed by atoms with E-state index in [4.69, 9.17) is 0 Å². The van der Waals surface area contributed by atoms with Crippen LogP contribution in [0.1, 0.15) is 22.4 Å². The highest BCUT2D eigenvalue weighted by molar-refractivity contribution is 9.10. The van der Waals surface area contributed by atoms with Crippen LogP contribution in [0.25, 0.3) is 23.1 Å². The molecule has 1 N–H and O–H groups in total. The number of halogens is 1. The number of hydrogen-bond acceptors (Lipinski definition) is 2. The van der Waals surface area contributed by atoms with Crippen molar-refractivity contribution in [1.29, 1.82) is 0 Å². The molecule has 0 unspecified atom stereocenters. The van der Waals surface area contributed by atoms with E-state index in [0.29, 0.717) is 5.52 Å². The Morgan fingerprint density at radius 3 is 2.41 bits per heavy atom. The van der Waals surface area contributed by atoms with Crippen molar-refractivity contribution in [2.75, 3.05) is 0 Å². The number of phenols is 1. The number of aromatic hydroxyl groups is 1. The third kappa shape index (κ3) is 2.90. The van der Waals surface area contributed by atoms with E-state index < -0.39 is 0 Å². The van der Waals surface area contributed by atoms with Gasteiger partial charge in [-0.2, -0.15) is 0 Å². The number of fused-ring (bicyclic) bond motifs is 1. The van der Waals surface area contributed by atoms with Gasteiger partial charge in [-0.1, -0.05) is 46.3 Å². The average molecular weight is 354 g/mol. The topological polar surface area (TPSA) is 33.1 Å². The fraction of sp³-hybridized carbons (Fsp3) is 0.105. The number of pyridine rings is 1. The zero-order chi connectivity index (χ0) is 15.7. The molecule has 0 atom stereocenters. The fourth-order valence-corrected chi connectivity index (χ4v) is 2.74. The quantitative estimate of drug-likeness (QED) is 0.660. The first kappa shape index (κ1) is 14.8. The van der Waals surface area contributed by atoms with Crippen LogP contribution in [0, 0.1) is 13.8 Å². The van der Waals surface area contributed by atoms with Crippen molar-refractivity contribution in [3.63, 3.8) is 0 Å². The van der Waals surface area contributed by atoms with Gasteiger partial charge in [0.25, 0.3) is 0 Å². The number of rotatable bonds is 2. The molecule has 0 saturated heterocycles. The third-order valence-corrected chi connectivity index (χ3v) is 4.22. The second-order valence-electron chi connectivity index (χ2n) is 5.38. The minimum atomic E-state index is 0.263. The van der Waals surface area contributed by atoms with E-state index in [1.807, 2.05) is 68.5 Å². The summed E-state index contributed by atoms with van der Waals surface area (Å²) in [6.45, 7) is 3.93. The minimum Gasteiger partial charge on any atom is -0.505 e. The average Bonchev–Trinajstić information content (AvgIpc) is 2.52. The first-order valence-electron chi connectivity index (χ1n) is 7.08. The zero-order valence-corrected chi connectivity index (χ0v) is 14.1. The highest BCUT2D eigenvalue weighted by Crippen LogP contribution is 2.30. The Morgan fingerprint density at radius 1 is 0.955 bits per heavy atom. The standard InChI is InChI=1S/C19H16BrNO/c1-12-11-13(2)19(22)18-17(12)10-9-16(21-18)8-5-14-3-6-15(20)7-4-14/h3-11,22H,1-2H3. The smallest absolute Gasteiger partial charge is 0.144 e. The van der Waals surface area contributed by atoms with Crippen LogP contribution in [0.5, 0.6) is 5.75 Å². The molecule has 2 nitrogen and oxygen atoms in total. The van der Waals surface area contributed by atoms with Crippen LogP contribution in [-0.4, -0.2) is 10.1 Å². The van der Waals surface area contributed by atoms with Gasteiger partial charge in [0.2, 0.25) is 0 Å². The lowest BCUT2D eigenvalue weighted by atomic mass is 10.0. The first-order valence-corrected chi connectivity index (χ1v) is 7.87. The van der Waals surface area contributed by atoms with E-state index in [-0.39, 0.29) is 5.75 Å². The van der Waals surface area contributed by atoms with Gasteiger partial charge in [-0.25, -0.2) is 4.98 Å². The molecule has 1 heterocycles. The van der Waals surface area contributed by atoms with Crippen molar-refractivity contribution in [3.05, 3.63) is 69.3 Å². The molecule has 0 aliphatic carbocycles. The maximum Gasteiger partial charge on any atom is 0.144 e. The van der Waals surface area contributed by atoms with Crippen molar-refractivity contribution in [3.8, 4) is 5.75 Å². The molecule has 0 radical (unpaired) electrons. The molecule has 2 aromatic carbocycles. The Labute approximate surface area is 138 Å². The molecule has 0 aliphatic heterocycles. The summed E-state index contributed by atoms with van der Waals surface area (Å²) in [5.41, 5.74) is 4.58. The summed E-state index contributed by atoms with van der Waals surface area (Å²) in [7, 11) is 0. The SMILES string of the molecule is Cc1cc(C)c2ccc(C=Cc3ccc(Br)cc3)nc2c1O. The molecule has 0 bridgehead atoms. The van der Waals surface area contributed by atoms with Gasteiger partial charge in [-0.15, -0.1) is 0 Å². The summed E-state index contributed by atoms with van der Waals surface area (Å²) in [4.78, 5) is 4.58. The Balaban J connectivity index is 2.01. The molecule has 3 heteroatoms. The van der Waals surface area contributed by atoms with E-state index >= 15 is 0 Å². The van der Waals surface area contributed by atoms with Gasteiger partial charge >= 0.3 is 0 Å². The lowest BCUT2D eigenvalue weighted by Crippen LogP contribution is -1.89. The van der Waals surface area contributed by atoms with Crippen LogP contribution in [0.4, 0.5) is 0 Å². The number of phenolic OH excluding ortho intramolecular Hbond substituents is 1. The van der Waals surface area contributed by atoms with Crippen LogP contribution >= 0.6 is 15.9 Å². The van der Waals surface area contributed by atoms with Crippen LogP contribution in [0.15, 0.2) is 46.9 Å². The Hall–Kier alpha value is -2.13. The number of benzene rings is 2. The Bertz CT molecular complexity index is 867. The molecular formula is C19H16BrNO. The van der Waals surface area contributed by atoms with E-state index in [1.165, 1.54) is 0 Å². The summed E-state index contributed by atoms with van der Waals surface area (Å²) in [5, 5.41) is 11.2. The normalized spacial score (nSPS) is 11.4. The van der Waals surface area contributed by atoms with Gasteiger partial charge in [-0.3, -0.25) is 0 Å². The van der Waals surface area contributed by atoms with E-state index in [0.717, 1.165) is 32.2 Å². The van der Waals surface area contributed by atoms with Gasteiger partial charge in [-0.05, 0) is 54.8 Å². The van der Waals surface area contributed by atoms with Crippen LogP contribution < -0.4 is 0 Å². The molecule has 0 amide bonds. The molecule has 1 aromatic heterocycles. The van der Waals surface area contributed by atoms with Crippen molar-refractivity contribution < 1.29 is 5.11 Å². The van der Waals surface area contributed by atoms with Crippen LogP contribution in [0.3, 0.4) is 0 Å². The molecule has 110 valence electrons. The molecule has 0 aliphatic rings. The fourth-order valence-electron chi connectivity index (χ4n) is 2.48. The molecule has 22 heavy (non-hydrogen) atoms. The van der Waals surface area contributed by atoms with E-state index in [2.05, 4.69) is 20.9 Å². The molecule has 0 saturated carbocycles. The molecule has 0 spiro atoms. The molecule has 3 rings (SSSR count). The molecular weight excluding hydrogens is 338 g/mol. The number of aryl methyl sites for hydroxylation is 2. The predicted molar refractivity (Wildman–Crippen MR) is 96.0 cm³/mol. The van der Waals surface area contributed by atoms with E-state index in [1.54, 1.807) is 0 Å². The Kier molecular flexibility index (Phi) is 3.99. The van der Waals surface area contributed by atoms with Gasteiger partial charge < -0.3 is 5.11 Å². The van der Waals surface area contributed by atoms with Crippen molar-refractivity contribution >= 4 is 39.0 Å².